The summed E-state index contributed by atoms with van der Waals surface area (Å²) >= 11 is 0. The molecule has 0 spiro atoms. The minimum Gasteiger partial charge on any atom is -0.393 e. The van der Waals surface area contributed by atoms with Gasteiger partial charge in [-0.15, -0.1) is 0 Å². The van der Waals surface area contributed by atoms with Crippen LogP contribution in [0, 0.1) is 11.8 Å². The van der Waals surface area contributed by atoms with Crippen LogP contribution >= 0.6 is 0 Å². The molecule has 6 nitrogen and oxygen atoms in total. The van der Waals surface area contributed by atoms with Crippen LogP contribution in [-0.2, 0) is 0 Å². The SMILES string of the molecule is CC(C)[C@@H]1CN(c2cc(N3CCC(O)CC3)ncn2)C[C@H]1N(C)C. The maximum Gasteiger partial charge on any atom is 0.134 e. The Kier molecular flexibility index (Phi) is 5.25. The van der Waals surface area contributed by atoms with Crippen molar-refractivity contribution in [1.29, 1.82) is 0 Å². The maximum atomic E-state index is 9.69. The summed E-state index contributed by atoms with van der Waals surface area (Å²) in [6.07, 6.45) is 3.17. The molecule has 0 aromatic carbocycles. The molecule has 2 saturated heterocycles. The van der Waals surface area contributed by atoms with E-state index < -0.39 is 0 Å². The van der Waals surface area contributed by atoms with Gasteiger partial charge in [0.25, 0.3) is 0 Å². The number of likely N-dealkylation sites (N-methyl/N-ethyl adjacent to an activating group) is 1. The van der Waals surface area contributed by atoms with Gasteiger partial charge in [-0.2, -0.15) is 0 Å². The first-order valence-corrected chi connectivity index (χ1v) is 9.12. The highest BCUT2D eigenvalue weighted by Crippen LogP contribution is 2.31. The maximum absolute atomic E-state index is 9.69. The topological polar surface area (TPSA) is 55.7 Å². The highest BCUT2D eigenvalue weighted by Gasteiger charge is 2.36. The zero-order valence-corrected chi connectivity index (χ0v) is 15.4. The lowest BCUT2D eigenvalue weighted by molar-refractivity contribution is 0.145. The molecular formula is C18H31N5O. The quantitative estimate of drug-likeness (QED) is 0.900. The Balaban J connectivity index is 1.74. The largest absolute Gasteiger partial charge is 0.393 e. The summed E-state index contributed by atoms with van der Waals surface area (Å²) < 4.78 is 0. The van der Waals surface area contributed by atoms with Gasteiger partial charge in [-0.05, 0) is 38.8 Å². The summed E-state index contributed by atoms with van der Waals surface area (Å²) in [6, 6.07) is 2.68. The Morgan fingerprint density at radius 3 is 2.25 bits per heavy atom. The molecule has 0 aliphatic carbocycles. The second-order valence-electron chi connectivity index (χ2n) is 7.80. The van der Waals surface area contributed by atoms with E-state index in [0.717, 1.165) is 50.7 Å². The number of aliphatic hydroxyl groups excluding tert-OH is 1. The van der Waals surface area contributed by atoms with Gasteiger partial charge in [-0.3, -0.25) is 0 Å². The van der Waals surface area contributed by atoms with Crippen molar-refractivity contribution < 1.29 is 5.11 Å². The molecular weight excluding hydrogens is 302 g/mol. The molecule has 2 aliphatic heterocycles. The lowest BCUT2D eigenvalue weighted by Gasteiger charge is -2.31. The minimum atomic E-state index is -0.159. The molecule has 0 bridgehead atoms. The summed E-state index contributed by atoms with van der Waals surface area (Å²) in [5, 5.41) is 9.69. The van der Waals surface area contributed by atoms with Crippen LogP contribution in [0.1, 0.15) is 26.7 Å². The van der Waals surface area contributed by atoms with Crippen molar-refractivity contribution in [3.8, 4) is 0 Å². The normalized spacial score (nSPS) is 26.0. The highest BCUT2D eigenvalue weighted by atomic mass is 16.3. The standard InChI is InChI=1S/C18H31N5O/c1-13(2)15-10-23(11-16(15)21(3)4)18-9-17(19-12-20-18)22-7-5-14(24)6-8-22/h9,12-16,24H,5-8,10-11H2,1-4H3/t15-,16+/m0/s1. The van der Waals surface area contributed by atoms with Crippen LogP contribution in [0.4, 0.5) is 11.6 Å². The predicted octanol–water partition coefficient (Wildman–Crippen LogP) is 1.46. The summed E-state index contributed by atoms with van der Waals surface area (Å²) in [5.41, 5.74) is 0. The van der Waals surface area contributed by atoms with E-state index in [1.807, 2.05) is 0 Å². The Hall–Kier alpha value is -1.40. The van der Waals surface area contributed by atoms with Gasteiger partial charge in [-0.25, -0.2) is 9.97 Å². The smallest absolute Gasteiger partial charge is 0.134 e. The van der Waals surface area contributed by atoms with Crippen molar-refractivity contribution in [1.82, 2.24) is 14.9 Å². The van der Waals surface area contributed by atoms with E-state index in [2.05, 4.69) is 58.7 Å². The van der Waals surface area contributed by atoms with Crippen molar-refractivity contribution in [3.05, 3.63) is 12.4 Å². The van der Waals surface area contributed by atoms with Crippen molar-refractivity contribution in [3.63, 3.8) is 0 Å². The van der Waals surface area contributed by atoms with E-state index in [0.29, 0.717) is 17.9 Å². The van der Waals surface area contributed by atoms with E-state index in [1.165, 1.54) is 0 Å². The van der Waals surface area contributed by atoms with Crippen LogP contribution in [0.25, 0.3) is 0 Å². The molecule has 0 amide bonds. The lowest BCUT2D eigenvalue weighted by atomic mass is 9.91. The monoisotopic (exact) mass is 333 g/mol. The summed E-state index contributed by atoms with van der Waals surface area (Å²) in [5.74, 6) is 3.33. The van der Waals surface area contributed by atoms with Crippen molar-refractivity contribution in [2.24, 2.45) is 11.8 Å². The van der Waals surface area contributed by atoms with Crippen molar-refractivity contribution in [2.75, 3.05) is 50.1 Å². The van der Waals surface area contributed by atoms with E-state index in [9.17, 15) is 5.11 Å². The molecule has 0 saturated carbocycles. The third-order valence-corrected chi connectivity index (χ3v) is 5.60. The number of anilines is 2. The van der Waals surface area contributed by atoms with E-state index in [4.69, 9.17) is 0 Å². The molecule has 2 atom stereocenters. The second-order valence-corrected chi connectivity index (χ2v) is 7.80. The first kappa shape index (κ1) is 17.4. The van der Waals surface area contributed by atoms with Crippen molar-refractivity contribution in [2.45, 2.75) is 38.8 Å². The zero-order chi connectivity index (χ0) is 17.3. The predicted molar refractivity (Wildman–Crippen MR) is 97.5 cm³/mol. The van der Waals surface area contributed by atoms with Gasteiger partial charge in [0.15, 0.2) is 0 Å². The van der Waals surface area contributed by atoms with Gasteiger partial charge < -0.3 is 19.8 Å². The second kappa shape index (κ2) is 7.23. The number of piperidine rings is 1. The van der Waals surface area contributed by atoms with Gasteiger partial charge in [-0.1, -0.05) is 13.8 Å². The van der Waals surface area contributed by atoms with Gasteiger partial charge in [0.05, 0.1) is 6.10 Å². The van der Waals surface area contributed by atoms with Crippen LogP contribution < -0.4 is 9.80 Å². The first-order valence-electron chi connectivity index (χ1n) is 9.12. The Morgan fingerprint density at radius 1 is 1.08 bits per heavy atom. The average molecular weight is 333 g/mol. The van der Waals surface area contributed by atoms with Gasteiger partial charge >= 0.3 is 0 Å². The van der Waals surface area contributed by atoms with Gasteiger partial charge in [0.1, 0.15) is 18.0 Å². The molecule has 1 N–H and O–H groups in total. The fourth-order valence-corrected chi connectivity index (χ4v) is 3.98. The molecule has 3 heterocycles. The minimum absolute atomic E-state index is 0.159. The molecule has 2 aliphatic rings. The van der Waals surface area contributed by atoms with Crippen LogP contribution in [0.3, 0.4) is 0 Å². The van der Waals surface area contributed by atoms with Crippen molar-refractivity contribution >= 4 is 11.6 Å². The first-order chi connectivity index (χ1) is 11.5. The van der Waals surface area contributed by atoms with Crippen LogP contribution in [0.5, 0.6) is 0 Å². The molecule has 134 valence electrons. The third kappa shape index (κ3) is 3.64. The van der Waals surface area contributed by atoms with Gasteiger partial charge in [0, 0.05) is 38.3 Å². The number of rotatable bonds is 4. The third-order valence-electron chi connectivity index (χ3n) is 5.60. The van der Waals surface area contributed by atoms with E-state index in [-0.39, 0.29) is 6.10 Å². The summed E-state index contributed by atoms with van der Waals surface area (Å²) in [4.78, 5) is 16.0. The van der Waals surface area contributed by atoms with E-state index >= 15 is 0 Å². The molecule has 0 radical (unpaired) electrons. The fraction of sp³-hybridized carbons (Fsp3) is 0.778. The molecule has 24 heavy (non-hydrogen) atoms. The summed E-state index contributed by atoms with van der Waals surface area (Å²) in [7, 11) is 4.35. The molecule has 2 fully saturated rings. The molecule has 6 heteroatoms. The Labute approximate surface area is 145 Å². The molecule has 0 unspecified atom stereocenters. The highest BCUT2D eigenvalue weighted by molar-refractivity contribution is 5.51. The van der Waals surface area contributed by atoms with Crippen LogP contribution in [0.15, 0.2) is 12.4 Å². The number of hydrogen-bond acceptors (Lipinski definition) is 6. The lowest BCUT2D eigenvalue weighted by Crippen LogP contribution is -2.37. The Morgan fingerprint density at radius 2 is 1.71 bits per heavy atom. The van der Waals surface area contributed by atoms with Gasteiger partial charge in [0.2, 0.25) is 0 Å². The number of aliphatic hydroxyl groups is 1. The summed E-state index contributed by atoms with van der Waals surface area (Å²) in [6.45, 7) is 8.43. The zero-order valence-electron chi connectivity index (χ0n) is 15.4. The average Bonchev–Trinajstić information content (AvgIpc) is 3.01. The number of nitrogens with zero attached hydrogens (tertiary/aromatic N) is 5. The number of aromatic nitrogens is 2. The number of hydrogen-bond donors (Lipinski definition) is 1. The van der Waals surface area contributed by atoms with Crippen LogP contribution in [0.2, 0.25) is 0 Å². The van der Waals surface area contributed by atoms with Crippen LogP contribution in [-0.4, -0.2) is 72.4 Å². The molecule has 1 aromatic heterocycles. The molecule has 1 aromatic rings. The Bertz CT molecular complexity index is 526. The fourth-order valence-electron chi connectivity index (χ4n) is 3.98. The van der Waals surface area contributed by atoms with E-state index in [1.54, 1.807) is 6.33 Å². The molecule has 3 rings (SSSR count).